The molecule has 1 N–H and O–H groups in total. The molecule has 0 spiro atoms. The Hall–Kier alpha value is -4.25. The topological polar surface area (TPSA) is 80.4 Å². The monoisotopic (exact) mass is 395 g/mol. The molecule has 4 rings (SSSR count). The number of benzene rings is 4. The number of nitro benzene ring substituents is 1. The molecule has 0 fully saturated rings. The fourth-order valence-corrected chi connectivity index (χ4v) is 3.48. The van der Waals surface area contributed by atoms with E-state index >= 15 is 0 Å². The normalized spacial score (nSPS) is 10.5. The van der Waals surface area contributed by atoms with Gasteiger partial charge >= 0.3 is 5.97 Å². The van der Waals surface area contributed by atoms with Gasteiger partial charge in [-0.2, -0.15) is 0 Å². The molecule has 0 heterocycles. The summed E-state index contributed by atoms with van der Waals surface area (Å²) in [7, 11) is 0. The van der Waals surface area contributed by atoms with E-state index < -0.39 is 5.97 Å². The van der Waals surface area contributed by atoms with E-state index in [2.05, 4.69) is 0 Å². The highest BCUT2D eigenvalue weighted by atomic mass is 16.6. The Kier molecular flexibility index (Phi) is 5.09. The number of carboxylic acid groups (broad SMARTS) is 1. The molecule has 0 unspecified atom stereocenters. The molecule has 0 atom stereocenters. The molecule has 0 saturated heterocycles. The lowest BCUT2D eigenvalue weighted by atomic mass is 9.91. The summed E-state index contributed by atoms with van der Waals surface area (Å²) in [6, 6.07) is 28.6. The number of nitro groups is 1. The summed E-state index contributed by atoms with van der Waals surface area (Å²) in [5, 5.41) is 21.3. The number of hydrogen-bond acceptors (Lipinski definition) is 3. The molecule has 30 heavy (non-hydrogen) atoms. The van der Waals surface area contributed by atoms with Crippen LogP contribution in [0.5, 0.6) is 0 Å². The van der Waals surface area contributed by atoms with Gasteiger partial charge in [-0.3, -0.25) is 10.1 Å². The van der Waals surface area contributed by atoms with Crippen molar-refractivity contribution < 1.29 is 14.8 Å². The van der Waals surface area contributed by atoms with Crippen molar-refractivity contribution in [2.45, 2.75) is 0 Å². The minimum Gasteiger partial charge on any atom is -0.478 e. The Morgan fingerprint density at radius 1 is 0.667 bits per heavy atom. The molecule has 4 aromatic carbocycles. The molecule has 0 radical (unpaired) electrons. The molecule has 4 aromatic rings. The Labute approximate surface area is 173 Å². The molecule has 0 aliphatic heterocycles. The molecule has 146 valence electrons. The van der Waals surface area contributed by atoms with Gasteiger partial charge in [0.05, 0.1) is 21.6 Å². The van der Waals surface area contributed by atoms with E-state index in [-0.39, 0.29) is 16.2 Å². The van der Waals surface area contributed by atoms with Gasteiger partial charge in [0, 0.05) is 0 Å². The summed E-state index contributed by atoms with van der Waals surface area (Å²) in [6.07, 6.45) is 0. The number of rotatable bonds is 5. The van der Waals surface area contributed by atoms with Crippen LogP contribution in [0.25, 0.3) is 33.4 Å². The predicted molar refractivity (Wildman–Crippen MR) is 116 cm³/mol. The van der Waals surface area contributed by atoms with Gasteiger partial charge in [-0.1, -0.05) is 72.8 Å². The average molecular weight is 395 g/mol. The maximum absolute atomic E-state index is 12.1. The number of nitrogens with zero attached hydrogens (tertiary/aromatic N) is 1. The predicted octanol–water partition coefficient (Wildman–Crippen LogP) is 6.29. The first-order chi connectivity index (χ1) is 14.5. The van der Waals surface area contributed by atoms with Crippen LogP contribution in [0.15, 0.2) is 97.1 Å². The zero-order valence-corrected chi connectivity index (χ0v) is 15.9. The van der Waals surface area contributed by atoms with Crippen molar-refractivity contribution >= 4 is 11.7 Å². The highest BCUT2D eigenvalue weighted by molar-refractivity contribution is 5.92. The van der Waals surface area contributed by atoms with Gasteiger partial charge in [0.15, 0.2) is 0 Å². The zero-order valence-electron chi connectivity index (χ0n) is 15.9. The van der Waals surface area contributed by atoms with E-state index in [1.165, 1.54) is 12.1 Å². The van der Waals surface area contributed by atoms with Crippen LogP contribution in [-0.2, 0) is 0 Å². The molecule has 0 aliphatic rings. The summed E-state index contributed by atoms with van der Waals surface area (Å²) in [6.45, 7) is 0. The van der Waals surface area contributed by atoms with E-state index in [4.69, 9.17) is 5.11 Å². The van der Waals surface area contributed by atoms with E-state index in [0.29, 0.717) is 16.7 Å². The van der Waals surface area contributed by atoms with E-state index in [1.54, 1.807) is 18.2 Å². The van der Waals surface area contributed by atoms with Crippen LogP contribution in [0.1, 0.15) is 10.4 Å². The van der Waals surface area contributed by atoms with Crippen molar-refractivity contribution in [2.75, 3.05) is 0 Å². The Morgan fingerprint density at radius 3 is 1.60 bits per heavy atom. The molecule has 0 saturated carbocycles. The largest absolute Gasteiger partial charge is 0.478 e. The minimum absolute atomic E-state index is 0.0102. The maximum Gasteiger partial charge on any atom is 0.335 e. The van der Waals surface area contributed by atoms with E-state index in [1.807, 2.05) is 66.7 Å². The lowest BCUT2D eigenvalue weighted by Gasteiger charge is -2.13. The summed E-state index contributed by atoms with van der Waals surface area (Å²) >= 11 is 0. The smallest absolute Gasteiger partial charge is 0.335 e. The van der Waals surface area contributed by atoms with Crippen LogP contribution in [0, 0.1) is 10.1 Å². The standard InChI is InChI=1S/C25H17NO4/c27-25(28)20-13-11-19(12-14-20)23-16-21(17-7-3-1-4-8-17)15-22(24(23)26(29)30)18-9-5-2-6-10-18/h1-16H,(H,27,28). The van der Waals surface area contributed by atoms with Crippen molar-refractivity contribution in [3.63, 3.8) is 0 Å². The molecule has 0 aliphatic carbocycles. The third-order valence-electron chi connectivity index (χ3n) is 4.93. The van der Waals surface area contributed by atoms with Crippen molar-refractivity contribution in [1.29, 1.82) is 0 Å². The average Bonchev–Trinajstić information content (AvgIpc) is 2.79. The van der Waals surface area contributed by atoms with Gasteiger partial charge in [-0.15, -0.1) is 0 Å². The van der Waals surface area contributed by atoms with Gasteiger partial charge in [0.1, 0.15) is 0 Å². The third kappa shape index (κ3) is 3.69. The lowest BCUT2D eigenvalue weighted by Crippen LogP contribution is -1.98. The molecule has 0 aromatic heterocycles. The maximum atomic E-state index is 12.1. The zero-order chi connectivity index (χ0) is 21.1. The highest BCUT2D eigenvalue weighted by Crippen LogP contribution is 2.42. The van der Waals surface area contributed by atoms with Crippen LogP contribution in [-0.4, -0.2) is 16.0 Å². The van der Waals surface area contributed by atoms with Gasteiger partial charge < -0.3 is 5.11 Å². The van der Waals surface area contributed by atoms with Crippen LogP contribution in [0.3, 0.4) is 0 Å². The third-order valence-corrected chi connectivity index (χ3v) is 4.93. The fourth-order valence-electron chi connectivity index (χ4n) is 3.48. The van der Waals surface area contributed by atoms with Gasteiger partial charge in [-0.25, -0.2) is 4.79 Å². The second-order valence-corrected chi connectivity index (χ2v) is 6.79. The number of aromatic carboxylic acids is 1. The SMILES string of the molecule is O=C(O)c1ccc(-c2cc(-c3ccccc3)cc(-c3ccccc3)c2[N+](=O)[O-])cc1. The van der Waals surface area contributed by atoms with Gasteiger partial charge in [-0.05, 0) is 46.5 Å². The molecular formula is C25H17NO4. The lowest BCUT2D eigenvalue weighted by molar-refractivity contribution is -0.383. The first-order valence-corrected chi connectivity index (χ1v) is 9.31. The number of carbonyl (C=O) groups is 1. The molecular weight excluding hydrogens is 378 g/mol. The molecule has 5 heteroatoms. The van der Waals surface area contributed by atoms with Crippen molar-refractivity contribution in [2.24, 2.45) is 0 Å². The van der Waals surface area contributed by atoms with Crippen LogP contribution < -0.4 is 0 Å². The minimum atomic E-state index is -1.04. The summed E-state index contributed by atoms with van der Waals surface area (Å²) in [5.41, 5.74) is 4.18. The van der Waals surface area contributed by atoms with Crippen LogP contribution in [0.4, 0.5) is 5.69 Å². The van der Waals surface area contributed by atoms with E-state index in [9.17, 15) is 14.9 Å². The summed E-state index contributed by atoms with van der Waals surface area (Å²) in [5.74, 6) is -1.04. The Bertz CT molecular complexity index is 1220. The van der Waals surface area contributed by atoms with E-state index in [0.717, 1.165) is 16.7 Å². The second-order valence-electron chi connectivity index (χ2n) is 6.79. The molecule has 0 bridgehead atoms. The quantitative estimate of drug-likeness (QED) is 0.318. The summed E-state index contributed by atoms with van der Waals surface area (Å²) in [4.78, 5) is 22.9. The number of carboxylic acids is 1. The fraction of sp³-hybridized carbons (Fsp3) is 0. The van der Waals surface area contributed by atoms with Crippen LogP contribution >= 0.6 is 0 Å². The van der Waals surface area contributed by atoms with Crippen LogP contribution in [0.2, 0.25) is 0 Å². The second kappa shape index (κ2) is 8.01. The van der Waals surface area contributed by atoms with Crippen molar-refractivity contribution in [3.8, 4) is 33.4 Å². The Morgan fingerprint density at radius 2 is 1.13 bits per heavy atom. The summed E-state index contributed by atoms with van der Waals surface area (Å²) < 4.78 is 0. The first kappa shape index (κ1) is 19.1. The van der Waals surface area contributed by atoms with Gasteiger partial charge in [0.25, 0.3) is 5.69 Å². The highest BCUT2D eigenvalue weighted by Gasteiger charge is 2.24. The Balaban J connectivity index is 2.02. The van der Waals surface area contributed by atoms with Crippen molar-refractivity contribution in [1.82, 2.24) is 0 Å². The number of hydrogen-bond donors (Lipinski definition) is 1. The molecule has 5 nitrogen and oxygen atoms in total. The molecule has 0 amide bonds. The first-order valence-electron chi connectivity index (χ1n) is 9.31. The van der Waals surface area contributed by atoms with Gasteiger partial charge in [0.2, 0.25) is 0 Å². The van der Waals surface area contributed by atoms with Crippen molar-refractivity contribution in [3.05, 3.63) is 113 Å².